The second-order valence-electron chi connectivity index (χ2n) is 3.58. The number of methoxy groups -OCH3 is 2. The molecule has 1 aromatic carbocycles. The summed E-state index contributed by atoms with van der Waals surface area (Å²) in [6, 6.07) is 3.53. The number of fused-ring (bicyclic) bond motifs is 1. The van der Waals surface area contributed by atoms with Crippen LogP contribution in [0.4, 0.5) is 0 Å². The van der Waals surface area contributed by atoms with Gasteiger partial charge in [0.1, 0.15) is 5.84 Å². The van der Waals surface area contributed by atoms with Crippen molar-refractivity contribution in [2.75, 3.05) is 14.2 Å². The second-order valence-corrected chi connectivity index (χ2v) is 3.58. The fourth-order valence-electron chi connectivity index (χ4n) is 1.70. The van der Waals surface area contributed by atoms with E-state index in [0.717, 1.165) is 5.39 Å². The summed E-state index contributed by atoms with van der Waals surface area (Å²) in [7, 11) is 3.06. The molecule has 3 N–H and O–H groups in total. The van der Waals surface area contributed by atoms with Crippen LogP contribution in [0.3, 0.4) is 0 Å². The minimum atomic E-state index is 0.0555. The molecule has 0 fully saturated rings. The average Bonchev–Trinajstić information content (AvgIpc) is 2.80. The summed E-state index contributed by atoms with van der Waals surface area (Å²) in [4.78, 5) is 0. The monoisotopic (exact) mass is 251 g/mol. The lowest BCUT2D eigenvalue weighted by Crippen LogP contribution is -2.14. The van der Waals surface area contributed by atoms with Crippen LogP contribution < -0.4 is 15.2 Å². The summed E-state index contributed by atoms with van der Waals surface area (Å²) >= 11 is 0. The fourth-order valence-corrected chi connectivity index (χ4v) is 1.70. The molecular weight excluding hydrogens is 238 g/mol. The van der Waals surface area contributed by atoms with Crippen molar-refractivity contribution in [2.24, 2.45) is 10.9 Å². The Morgan fingerprint density at radius 3 is 2.83 bits per heavy atom. The van der Waals surface area contributed by atoms with Crippen molar-refractivity contribution in [2.45, 2.75) is 6.42 Å². The molecule has 0 spiro atoms. The van der Waals surface area contributed by atoms with E-state index in [4.69, 9.17) is 24.9 Å². The number of benzene rings is 1. The Morgan fingerprint density at radius 1 is 1.44 bits per heavy atom. The van der Waals surface area contributed by atoms with Crippen LogP contribution in [0, 0.1) is 0 Å². The molecule has 0 aliphatic carbocycles. The number of nitrogens with zero attached hydrogens (tertiary/aromatic N) is 2. The molecule has 0 radical (unpaired) electrons. The van der Waals surface area contributed by atoms with E-state index in [0.29, 0.717) is 22.8 Å². The van der Waals surface area contributed by atoms with Gasteiger partial charge in [0.25, 0.3) is 0 Å². The highest BCUT2D eigenvalue weighted by Gasteiger charge is 2.17. The van der Waals surface area contributed by atoms with Crippen molar-refractivity contribution < 1.29 is 19.2 Å². The highest BCUT2D eigenvalue weighted by molar-refractivity contribution is 5.91. The van der Waals surface area contributed by atoms with E-state index in [1.807, 2.05) is 0 Å². The molecule has 0 amide bonds. The van der Waals surface area contributed by atoms with Crippen LogP contribution in [0.25, 0.3) is 11.0 Å². The third-order valence-electron chi connectivity index (χ3n) is 2.54. The maximum Gasteiger partial charge on any atom is 0.212 e. The van der Waals surface area contributed by atoms with Gasteiger partial charge in [0.2, 0.25) is 11.3 Å². The predicted molar refractivity (Wildman–Crippen MR) is 64.2 cm³/mol. The lowest BCUT2D eigenvalue weighted by Gasteiger charge is -2.06. The van der Waals surface area contributed by atoms with Crippen molar-refractivity contribution in [3.63, 3.8) is 0 Å². The first-order valence-corrected chi connectivity index (χ1v) is 5.17. The molecular formula is C11H13N3O4. The summed E-state index contributed by atoms with van der Waals surface area (Å²) in [6.45, 7) is 0. The molecule has 0 saturated heterocycles. The lowest BCUT2D eigenvalue weighted by atomic mass is 10.1. The number of ether oxygens (including phenoxy) is 2. The van der Waals surface area contributed by atoms with E-state index in [2.05, 4.69) is 10.3 Å². The van der Waals surface area contributed by atoms with Crippen molar-refractivity contribution in [1.82, 2.24) is 5.16 Å². The smallest absolute Gasteiger partial charge is 0.212 e. The van der Waals surface area contributed by atoms with Gasteiger partial charge in [0.05, 0.1) is 26.3 Å². The Morgan fingerprint density at radius 2 is 2.22 bits per heavy atom. The number of oxime groups is 1. The van der Waals surface area contributed by atoms with Crippen LogP contribution >= 0.6 is 0 Å². The molecule has 1 aromatic heterocycles. The molecule has 0 atom stereocenters. The fraction of sp³-hybridized carbons (Fsp3) is 0.273. The van der Waals surface area contributed by atoms with E-state index >= 15 is 0 Å². The maximum absolute atomic E-state index is 8.55. The van der Waals surface area contributed by atoms with Gasteiger partial charge in [-0.3, -0.25) is 0 Å². The van der Waals surface area contributed by atoms with Gasteiger partial charge in [-0.1, -0.05) is 10.3 Å². The normalized spacial score (nSPS) is 11.8. The molecule has 18 heavy (non-hydrogen) atoms. The van der Waals surface area contributed by atoms with Gasteiger partial charge in [-0.15, -0.1) is 0 Å². The number of aromatic nitrogens is 1. The molecule has 0 unspecified atom stereocenters. The Bertz CT molecular complexity index is 591. The second kappa shape index (κ2) is 4.82. The minimum absolute atomic E-state index is 0.0555. The minimum Gasteiger partial charge on any atom is -0.493 e. The van der Waals surface area contributed by atoms with Crippen LogP contribution in [0.15, 0.2) is 21.8 Å². The van der Waals surface area contributed by atoms with E-state index in [-0.39, 0.29) is 12.3 Å². The third-order valence-corrected chi connectivity index (χ3v) is 2.54. The SMILES string of the molecule is COc1ccc2c(CC(N)=NO)noc2c1OC. The van der Waals surface area contributed by atoms with Gasteiger partial charge in [0.15, 0.2) is 5.75 Å². The predicted octanol–water partition coefficient (Wildman–Crippen LogP) is 1.13. The Hall–Kier alpha value is -2.44. The standard InChI is InChI=1S/C11H13N3O4/c1-16-8-4-3-6-7(5-9(12)13-15)14-18-10(6)11(8)17-2/h3-4,15H,5H2,1-2H3,(H2,12,13). The number of rotatable bonds is 4. The zero-order valence-electron chi connectivity index (χ0n) is 10.0. The molecule has 0 aliphatic heterocycles. The van der Waals surface area contributed by atoms with Crippen molar-refractivity contribution in [1.29, 1.82) is 0 Å². The largest absolute Gasteiger partial charge is 0.493 e. The summed E-state index contributed by atoms with van der Waals surface area (Å²) in [6.07, 6.45) is 0.193. The van der Waals surface area contributed by atoms with Crippen LogP contribution in [0.2, 0.25) is 0 Å². The molecule has 96 valence electrons. The van der Waals surface area contributed by atoms with Crippen LogP contribution in [-0.2, 0) is 6.42 Å². The Balaban J connectivity index is 2.54. The topological polar surface area (TPSA) is 103 Å². The summed E-state index contributed by atoms with van der Waals surface area (Å²) in [5.74, 6) is 1.07. The van der Waals surface area contributed by atoms with Crippen molar-refractivity contribution in [3.05, 3.63) is 17.8 Å². The highest BCUT2D eigenvalue weighted by atomic mass is 16.5. The summed E-state index contributed by atoms with van der Waals surface area (Å²) in [5, 5.41) is 16.1. The van der Waals surface area contributed by atoms with Crippen molar-refractivity contribution >= 4 is 16.8 Å². The highest BCUT2D eigenvalue weighted by Crippen LogP contribution is 2.36. The van der Waals surface area contributed by atoms with Gasteiger partial charge in [0, 0.05) is 5.39 Å². The molecule has 0 bridgehead atoms. The van der Waals surface area contributed by atoms with E-state index in [1.165, 1.54) is 14.2 Å². The summed E-state index contributed by atoms with van der Waals surface area (Å²) < 4.78 is 15.6. The third kappa shape index (κ3) is 1.90. The van der Waals surface area contributed by atoms with E-state index < -0.39 is 0 Å². The van der Waals surface area contributed by atoms with Crippen LogP contribution in [0.5, 0.6) is 11.5 Å². The molecule has 7 heteroatoms. The molecule has 0 aliphatic rings. The van der Waals surface area contributed by atoms with Gasteiger partial charge < -0.3 is 24.9 Å². The Kier molecular flexibility index (Phi) is 3.22. The molecule has 1 heterocycles. The zero-order chi connectivity index (χ0) is 13.1. The first-order chi connectivity index (χ1) is 8.71. The number of hydrogen-bond acceptors (Lipinski definition) is 6. The Labute approximate surface area is 103 Å². The van der Waals surface area contributed by atoms with Crippen molar-refractivity contribution in [3.8, 4) is 11.5 Å². The number of amidine groups is 1. The van der Waals surface area contributed by atoms with Crippen LogP contribution in [-0.4, -0.2) is 30.4 Å². The zero-order valence-corrected chi connectivity index (χ0v) is 10.0. The lowest BCUT2D eigenvalue weighted by molar-refractivity contribution is 0.317. The molecule has 2 rings (SSSR count). The number of hydrogen-bond donors (Lipinski definition) is 2. The number of nitrogens with two attached hydrogens (primary N) is 1. The summed E-state index contributed by atoms with van der Waals surface area (Å²) in [5.41, 5.74) is 6.48. The van der Waals surface area contributed by atoms with Gasteiger partial charge in [-0.2, -0.15) is 0 Å². The van der Waals surface area contributed by atoms with Gasteiger partial charge in [-0.05, 0) is 12.1 Å². The first kappa shape index (κ1) is 12.0. The van der Waals surface area contributed by atoms with Crippen LogP contribution in [0.1, 0.15) is 5.69 Å². The van der Waals surface area contributed by atoms with Gasteiger partial charge >= 0.3 is 0 Å². The van der Waals surface area contributed by atoms with E-state index in [9.17, 15) is 0 Å². The maximum atomic E-state index is 8.55. The molecule has 2 aromatic rings. The molecule has 7 nitrogen and oxygen atoms in total. The van der Waals surface area contributed by atoms with Gasteiger partial charge in [-0.25, -0.2) is 0 Å². The molecule has 0 saturated carbocycles. The average molecular weight is 251 g/mol. The quantitative estimate of drug-likeness (QED) is 0.365. The van der Waals surface area contributed by atoms with E-state index in [1.54, 1.807) is 12.1 Å². The first-order valence-electron chi connectivity index (χ1n) is 5.17.